The number of hydrogen-bond donors (Lipinski definition) is 1. The van der Waals surface area contributed by atoms with Crippen molar-refractivity contribution in [1.82, 2.24) is 5.32 Å². The summed E-state index contributed by atoms with van der Waals surface area (Å²) in [5.41, 5.74) is 0.832. The van der Waals surface area contributed by atoms with Gasteiger partial charge in [-0.2, -0.15) is 4.99 Å². The van der Waals surface area contributed by atoms with Crippen LogP contribution in [0.2, 0.25) is 5.02 Å². The quantitative estimate of drug-likeness (QED) is 0.386. The van der Waals surface area contributed by atoms with E-state index in [9.17, 15) is 4.79 Å². The number of nitrogens with one attached hydrogen (secondary N) is 1. The highest BCUT2D eigenvalue weighted by Crippen LogP contribution is 2.24. The average Bonchev–Trinajstić information content (AvgIpc) is 2.39. The first kappa shape index (κ1) is 18.2. The van der Waals surface area contributed by atoms with Gasteiger partial charge in [0, 0.05) is 18.5 Å². The SMILES string of the molecule is CC(C)(C)OC(=O)NCCC#Cc1ccc(N=C=S)c(Cl)c1. The normalized spacial score (nSPS) is 10.0. The summed E-state index contributed by atoms with van der Waals surface area (Å²) in [5.74, 6) is 5.91. The van der Waals surface area contributed by atoms with Gasteiger partial charge in [-0.25, -0.2) is 4.79 Å². The molecule has 6 heteroatoms. The molecule has 0 aliphatic rings. The molecule has 0 aliphatic carbocycles. The van der Waals surface area contributed by atoms with Crippen molar-refractivity contribution >= 4 is 40.8 Å². The highest BCUT2D eigenvalue weighted by Gasteiger charge is 2.15. The fourth-order valence-electron chi connectivity index (χ4n) is 1.43. The lowest BCUT2D eigenvalue weighted by Gasteiger charge is -2.19. The molecule has 116 valence electrons. The monoisotopic (exact) mass is 336 g/mol. The summed E-state index contributed by atoms with van der Waals surface area (Å²) in [6.45, 7) is 5.86. The number of carbonyl (C=O) groups is 1. The molecule has 0 aliphatic heterocycles. The number of halogens is 1. The molecule has 22 heavy (non-hydrogen) atoms. The molecule has 4 nitrogen and oxygen atoms in total. The van der Waals surface area contributed by atoms with Gasteiger partial charge in [-0.1, -0.05) is 23.4 Å². The molecular weight excluding hydrogens is 320 g/mol. The Labute approximate surface area is 140 Å². The molecule has 1 rings (SSSR count). The predicted octanol–water partition coefficient (Wildman–Crippen LogP) is 4.34. The third-order valence-electron chi connectivity index (χ3n) is 2.26. The Balaban J connectivity index is 2.47. The number of aliphatic imine (C=N–C) groups is 1. The summed E-state index contributed by atoms with van der Waals surface area (Å²) in [5, 5.41) is 5.37. The van der Waals surface area contributed by atoms with Crippen LogP contribution in [0.25, 0.3) is 0 Å². The van der Waals surface area contributed by atoms with Crippen LogP contribution in [-0.4, -0.2) is 23.4 Å². The Bertz CT molecular complexity index is 650. The van der Waals surface area contributed by atoms with Gasteiger partial charge in [-0.05, 0) is 51.2 Å². The topological polar surface area (TPSA) is 50.7 Å². The van der Waals surface area contributed by atoms with Crippen molar-refractivity contribution in [1.29, 1.82) is 0 Å². The van der Waals surface area contributed by atoms with Crippen molar-refractivity contribution in [2.75, 3.05) is 6.54 Å². The molecule has 0 radical (unpaired) electrons. The molecule has 0 spiro atoms. The number of benzene rings is 1. The van der Waals surface area contributed by atoms with Crippen LogP contribution < -0.4 is 5.32 Å². The summed E-state index contributed by atoms with van der Waals surface area (Å²) in [6, 6.07) is 5.23. The molecule has 0 aromatic heterocycles. The number of carbonyl (C=O) groups excluding carboxylic acids is 1. The molecule has 1 aromatic carbocycles. The molecule has 0 atom stereocenters. The van der Waals surface area contributed by atoms with Crippen LogP contribution in [0.15, 0.2) is 23.2 Å². The fraction of sp³-hybridized carbons (Fsp3) is 0.375. The van der Waals surface area contributed by atoms with Crippen LogP contribution in [0, 0.1) is 11.8 Å². The van der Waals surface area contributed by atoms with Gasteiger partial charge < -0.3 is 10.1 Å². The van der Waals surface area contributed by atoms with E-state index < -0.39 is 11.7 Å². The number of nitrogens with zero attached hydrogens (tertiary/aromatic N) is 1. The van der Waals surface area contributed by atoms with Crippen molar-refractivity contribution in [2.45, 2.75) is 32.8 Å². The fourth-order valence-corrected chi connectivity index (χ4v) is 1.75. The van der Waals surface area contributed by atoms with Crippen LogP contribution in [0.1, 0.15) is 32.8 Å². The van der Waals surface area contributed by atoms with Crippen molar-refractivity contribution in [3.05, 3.63) is 28.8 Å². The van der Waals surface area contributed by atoms with Crippen LogP contribution >= 0.6 is 23.8 Å². The minimum atomic E-state index is -0.501. The second-order valence-corrected chi connectivity index (χ2v) is 5.94. The van der Waals surface area contributed by atoms with E-state index in [4.69, 9.17) is 16.3 Å². The first-order valence-corrected chi connectivity index (χ1v) is 7.43. The third-order valence-corrected chi connectivity index (χ3v) is 2.66. The van der Waals surface area contributed by atoms with Gasteiger partial charge in [0.25, 0.3) is 0 Å². The van der Waals surface area contributed by atoms with Gasteiger partial charge in [0.2, 0.25) is 0 Å². The largest absolute Gasteiger partial charge is 0.444 e. The second kappa shape index (κ2) is 8.55. The van der Waals surface area contributed by atoms with Crippen molar-refractivity contribution in [3.8, 4) is 11.8 Å². The molecule has 1 N–H and O–H groups in total. The molecule has 1 aromatic rings. The van der Waals surface area contributed by atoms with Crippen molar-refractivity contribution in [2.24, 2.45) is 4.99 Å². The van der Waals surface area contributed by atoms with E-state index in [-0.39, 0.29) is 0 Å². The maximum Gasteiger partial charge on any atom is 0.407 e. The van der Waals surface area contributed by atoms with Gasteiger partial charge in [0.15, 0.2) is 0 Å². The van der Waals surface area contributed by atoms with Crippen LogP contribution in [0.5, 0.6) is 0 Å². The van der Waals surface area contributed by atoms with E-state index in [0.29, 0.717) is 23.7 Å². The second-order valence-electron chi connectivity index (χ2n) is 5.35. The number of hydrogen-bond acceptors (Lipinski definition) is 4. The van der Waals surface area contributed by atoms with E-state index in [1.807, 2.05) is 20.8 Å². The molecular formula is C16H17ClN2O2S. The summed E-state index contributed by atoms with van der Waals surface area (Å²) in [6.07, 6.45) is 0.0659. The number of alkyl carbamates (subject to hydrolysis) is 1. The zero-order valence-electron chi connectivity index (χ0n) is 12.7. The number of amides is 1. The minimum absolute atomic E-state index is 0.420. The summed E-state index contributed by atoms with van der Waals surface area (Å²) < 4.78 is 5.11. The zero-order chi connectivity index (χ0) is 16.6. The Hall–Kier alpha value is -1.86. The average molecular weight is 337 g/mol. The van der Waals surface area contributed by atoms with E-state index in [1.165, 1.54) is 0 Å². The lowest BCUT2D eigenvalue weighted by atomic mass is 10.2. The van der Waals surface area contributed by atoms with Gasteiger partial charge in [0.1, 0.15) is 5.60 Å². The Morgan fingerprint density at radius 1 is 1.45 bits per heavy atom. The molecule has 0 bridgehead atoms. The summed E-state index contributed by atoms with van der Waals surface area (Å²) in [4.78, 5) is 15.2. The standard InChI is InChI=1S/C16H17ClN2O2S/c1-16(2,3)21-15(20)18-9-5-4-6-12-7-8-14(19-11-22)13(17)10-12/h7-8,10H,5,9H2,1-3H3,(H,18,20). The van der Waals surface area contributed by atoms with Crippen LogP contribution in [0.3, 0.4) is 0 Å². The Morgan fingerprint density at radius 2 is 2.18 bits per heavy atom. The first-order valence-electron chi connectivity index (χ1n) is 6.65. The first-order chi connectivity index (χ1) is 10.3. The molecule has 0 saturated heterocycles. The van der Waals surface area contributed by atoms with E-state index >= 15 is 0 Å². The predicted molar refractivity (Wildman–Crippen MR) is 91.9 cm³/mol. The van der Waals surface area contributed by atoms with E-state index in [2.05, 4.69) is 39.5 Å². The highest BCUT2D eigenvalue weighted by atomic mass is 35.5. The highest BCUT2D eigenvalue weighted by molar-refractivity contribution is 7.78. The maximum atomic E-state index is 11.4. The number of thiocarbonyl (C=S) groups is 1. The number of rotatable bonds is 3. The van der Waals surface area contributed by atoms with Crippen LogP contribution in [0.4, 0.5) is 10.5 Å². The summed E-state index contributed by atoms with van der Waals surface area (Å²) in [7, 11) is 0. The maximum absolute atomic E-state index is 11.4. The zero-order valence-corrected chi connectivity index (χ0v) is 14.3. The van der Waals surface area contributed by atoms with E-state index in [1.54, 1.807) is 18.2 Å². The minimum Gasteiger partial charge on any atom is -0.444 e. The van der Waals surface area contributed by atoms with Crippen LogP contribution in [-0.2, 0) is 4.74 Å². The Morgan fingerprint density at radius 3 is 2.77 bits per heavy atom. The summed E-state index contributed by atoms with van der Waals surface area (Å²) >= 11 is 10.6. The van der Waals surface area contributed by atoms with Gasteiger partial charge in [-0.3, -0.25) is 0 Å². The van der Waals surface area contributed by atoms with E-state index in [0.717, 1.165) is 5.56 Å². The van der Waals surface area contributed by atoms with Gasteiger partial charge in [-0.15, -0.1) is 0 Å². The van der Waals surface area contributed by atoms with Gasteiger partial charge >= 0.3 is 6.09 Å². The van der Waals surface area contributed by atoms with Crippen molar-refractivity contribution < 1.29 is 9.53 Å². The van der Waals surface area contributed by atoms with Crippen molar-refractivity contribution in [3.63, 3.8) is 0 Å². The lowest BCUT2D eigenvalue weighted by Crippen LogP contribution is -2.32. The molecule has 0 fully saturated rings. The number of isothiocyanates is 1. The number of ether oxygens (including phenoxy) is 1. The Kier molecular flexibility index (Phi) is 7.07. The third kappa shape index (κ3) is 7.24. The molecule has 0 heterocycles. The smallest absolute Gasteiger partial charge is 0.407 e. The molecule has 0 saturated carbocycles. The van der Waals surface area contributed by atoms with Gasteiger partial charge in [0.05, 0.1) is 15.9 Å². The lowest BCUT2D eigenvalue weighted by molar-refractivity contribution is 0.0529. The molecule has 1 amide bonds. The molecule has 0 unspecified atom stereocenters.